The van der Waals surface area contributed by atoms with Crippen LogP contribution in [0.3, 0.4) is 0 Å². The number of nitrogens with one attached hydrogen (secondary N) is 1. The summed E-state index contributed by atoms with van der Waals surface area (Å²) in [5, 5.41) is 20.2. The molecular weight excluding hydrogens is 454 g/mol. The highest BCUT2D eigenvalue weighted by atomic mass is 16.4. The van der Waals surface area contributed by atoms with Gasteiger partial charge in [0, 0.05) is 12.0 Å². The standard InChI is InChI=1S/C20H21N7O5.C3H4/c21-16-15-17(27-20(22)26-16)23-9-12(24-15)6-3-10-1-4-11(5-2-10)18(30)25-13(19(31)32)7-8-14(28)29;1-3-2/h1-2,4-5,9,13H,3,6-8H2,(H,25,30)(H,28,29)(H,31,32)(H4,21,22,23,26,27);1H,2H3/t13-;/m0./s1. The third-order valence-corrected chi connectivity index (χ3v) is 4.64. The van der Waals surface area contributed by atoms with E-state index in [2.05, 4.69) is 37.6 Å². The molecule has 0 saturated carbocycles. The van der Waals surface area contributed by atoms with Crippen molar-refractivity contribution in [2.75, 3.05) is 11.5 Å². The molecule has 0 aliphatic heterocycles. The van der Waals surface area contributed by atoms with Gasteiger partial charge in [0.1, 0.15) is 6.04 Å². The zero-order valence-electron chi connectivity index (χ0n) is 18.9. The summed E-state index contributed by atoms with van der Waals surface area (Å²) < 4.78 is 0. The van der Waals surface area contributed by atoms with Crippen molar-refractivity contribution in [2.24, 2.45) is 0 Å². The molecule has 182 valence electrons. The molecule has 0 spiro atoms. The van der Waals surface area contributed by atoms with E-state index in [4.69, 9.17) is 21.7 Å². The molecule has 0 aliphatic carbocycles. The second-order valence-corrected chi connectivity index (χ2v) is 7.28. The molecule has 12 nitrogen and oxygen atoms in total. The molecule has 3 aromatic rings. The number of aliphatic carboxylic acids is 2. The number of carbonyl (C=O) groups excluding carboxylic acids is 1. The van der Waals surface area contributed by atoms with Gasteiger partial charge in [0.15, 0.2) is 17.0 Å². The molecule has 0 unspecified atom stereocenters. The molecule has 0 fully saturated rings. The van der Waals surface area contributed by atoms with Crippen LogP contribution in [0.15, 0.2) is 30.5 Å². The van der Waals surface area contributed by atoms with E-state index >= 15 is 0 Å². The fourth-order valence-corrected chi connectivity index (χ4v) is 2.97. The molecule has 1 aromatic carbocycles. The number of aryl methyl sites for hydroxylation is 2. The second kappa shape index (κ2) is 12.4. The normalized spacial score (nSPS) is 11.0. The third-order valence-electron chi connectivity index (χ3n) is 4.64. The van der Waals surface area contributed by atoms with Gasteiger partial charge in [-0.15, -0.1) is 12.3 Å². The van der Waals surface area contributed by atoms with Crippen molar-refractivity contribution < 1.29 is 24.6 Å². The Kier molecular flexibility index (Phi) is 9.41. The van der Waals surface area contributed by atoms with Crippen molar-refractivity contribution in [2.45, 2.75) is 38.6 Å². The van der Waals surface area contributed by atoms with Gasteiger partial charge in [-0.3, -0.25) is 9.59 Å². The predicted octanol–water partition coefficient (Wildman–Crippen LogP) is 1.06. The van der Waals surface area contributed by atoms with Gasteiger partial charge in [0.2, 0.25) is 5.95 Å². The van der Waals surface area contributed by atoms with Gasteiger partial charge in [-0.25, -0.2) is 14.8 Å². The maximum Gasteiger partial charge on any atom is 0.326 e. The summed E-state index contributed by atoms with van der Waals surface area (Å²) in [5.74, 6) is -0.589. The summed E-state index contributed by atoms with van der Waals surface area (Å²) >= 11 is 0. The fraction of sp³-hybridized carbons (Fsp3) is 0.261. The molecule has 0 aliphatic rings. The van der Waals surface area contributed by atoms with Crippen molar-refractivity contribution in [3.05, 3.63) is 47.3 Å². The monoisotopic (exact) mass is 479 g/mol. The Morgan fingerprint density at radius 3 is 2.34 bits per heavy atom. The van der Waals surface area contributed by atoms with Gasteiger partial charge >= 0.3 is 11.9 Å². The quantitative estimate of drug-likeness (QED) is 0.274. The van der Waals surface area contributed by atoms with E-state index < -0.39 is 23.9 Å². The average molecular weight is 479 g/mol. The Morgan fingerprint density at radius 1 is 1.09 bits per heavy atom. The lowest BCUT2D eigenvalue weighted by atomic mass is 10.1. The van der Waals surface area contributed by atoms with Crippen LogP contribution in [0.2, 0.25) is 0 Å². The van der Waals surface area contributed by atoms with E-state index in [9.17, 15) is 14.4 Å². The first-order chi connectivity index (χ1) is 16.6. The molecule has 0 saturated heterocycles. The zero-order valence-corrected chi connectivity index (χ0v) is 18.9. The minimum absolute atomic E-state index is 0.0257. The van der Waals surface area contributed by atoms with Crippen LogP contribution in [0.25, 0.3) is 11.2 Å². The lowest BCUT2D eigenvalue weighted by Gasteiger charge is -2.13. The number of carboxylic acids is 2. The van der Waals surface area contributed by atoms with Gasteiger partial charge in [-0.1, -0.05) is 12.1 Å². The van der Waals surface area contributed by atoms with E-state index in [1.165, 1.54) is 0 Å². The average Bonchev–Trinajstić information content (AvgIpc) is 2.81. The second-order valence-electron chi connectivity index (χ2n) is 7.28. The summed E-state index contributed by atoms with van der Waals surface area (Å²) in [7, 11) is 0. The molecule has 0 bridgehead atoms. The number of carboxylic acid groups (broad SMARTS) is 2. The van der Waals surface area contributed by atoms with Gasteiger partial charge < -0.3 is 27.0 Å². The zero-order chi connectivity index (χ0) is 26.0. The molecule has 1 atom stereocenters. The first-order valence-corrected chi connectivity index (χ1v) is 10.4. The van der Waals surface area contributed by atoms with Crippen LogP contribution < -0.4 is 16.8 Å². The SMILES string of the molecule is C#CC.Nc1nc(N)c2nc(CCc3ccc(C(=O)N[C@@H](CCC(=O)O)C(=O)O)cc3)cnc2n1. The number of nitrogen functional groups attached to an aromatic ring is 2. The molecule has 1 amide bonds. The van der Waals surface area contributed by atoms with Gasteiger partial charge in [-0.2, -0.15) is 9.97 Å². The number of terminal acetylenes is 1. The maximum absolute atomic E-state index is 12.3. The van der Waals surface area contributed by atoms with E-state index in [1.54, 1.807) is 37.4 Å². The van der Waals surface area contributed by atoms with E-state index in [-0.39, 0.29) is 30.2 Å². The number of hydrogen-bond acceptors (Lipinski definition) is 9. The van der Waals surface area contributed by atoms with E-state index in [0.29, 0.717) is 29.7 Å². The largest absolute Gasteiger partial charge is 0.481 e. The number of benzene rings is 1. The van der Waals surface area contributed by atoms with Crippen LogP contribution >= 0.6 is 0 Å². The van der Waals surface area contributed by atoms with Crippen molar-refractivity contribution >= 4 is 40.8 Å². The number of aromatic nitrogens is 4. The number of rotatable bonds is 9. The van der Waals surface area contributed by atoms with Crippen LogP contribution in [0, 0.1) is 12.3 Å². The number of nitrogens with two attached hydrogens (primary N) is 2. The number of carbonyl (C=O) groups is 3. The Morgan fingerprint density at radius 2 is 1.74 bits per heavy atom. The van der Waals surface area contributed by atoms with Crippen LogP contribution in [0.4, 0.5) is 11.8 Å². The molecular formula is C23H25N7O5. The number of fused-ring (bicyclic) bond motifs is 1. The Bertz CT molecular complexity index is 1260. The lowest BCUT2D eigenvalue weighted by Crippen LogP contribution is -2.41. The van der Waals surface area contributed by atoms with Crippen molar-refractivity contribution in [1.82, 2.24) is 25.3 Å². The summed E-state index contributed by atoms with van der Waals surface area (Å²) in [4.78, 5) is 50.7. The summed E-state index contributed by atoms with van der Waals surface area (Å²) in [6.45, 7) is 1.65. The molecule has 2 heterocycles. The van der Waals surface area contributed by atoms with Crippen molar-refractivity contribution in [1.29, 1.82) is 0 Å². The van der Waals surface area contributed by atoms with Crippen molar-refractivity contribution in [3.63, 3.8) is 0 Å². The number of nitrogens with zero attached hydrogens (tertiary/aromatic N) is 4. The van der Waals surface area contributed by atoms with E-state index in [1.807, 2.05) is 0 Å². The Hall–Kier alpha value is -4.79. The van der Waals surface area contributed by atoms with Gasteiger partial charge in [0.05, 0.1) is 11.9 Å². The number of anilines is 2. The fourth-order valence-electron chi connectivity index (χ4n) is 2.97. The van der Waals surface area contributed by atoms with Crippen molar-refractivity contribution in [3.8, 4) is 12.3 Å². The van der Waals surface area contributed by atoms with E-state index in [0.717, 1.165) is 5.56 Å². The van der Waals surface area contributed by atoms with Gasteiger partial charge in [-0.05, 0) is 43.9 Å². The van der Waals surface area contributed by atoms with Crippen LogP contribution in [-0.2, 0) is 22.4 Å². The molecule has 0 radical (unpaired) electrons. The molecule has 2 aromatic heterocycles. The van der Waals surface area contributed by atoms with Crippen LogP contribution in [0.1, 0.15) is 41.4 Å². The molecule has 7 N–H and O–H groups in total. The Balaban J connectivity index is 0.00000137. The highest BCUT2D eigenvalue weighted by Crippen LogP contribution is 2.16. The maximum atomic E-state index is 12.3. The summed E-state index contributed by atoms with van der Waals surface area (Å²) in [6.07, 6.45) is 6.77. The molecule has 3 rings (SSSR count). The predicted molar refractivity (Wildman–Crippen MR) is 128 cm³/mol. The third kappa shape index (κ3) is 7.93. The number of hydrogen-bond donors (Lipinski definition) is 5. The lowest BCUT2D eigenvalue weighted by molar-refractivity contribution is -0.140. The number of amides is 1. The summed E-state index contributed by atoms with van der Waals surface area (Å²) in [6, 6.07) is 5.35. The van der Waals surface area contributed by atoms with Crippen LogP contribution in [0.5, 0.6) is 0 Å². The molecule has 35 heavy (non-hydrogen) atoms. The minimum atomic E-state index is -1.29. The van der Waals surface area contributed by atoms with Crippen LogP contribution in [-0.4, -0.2) is 54.0 Å². The highest BCUT2D eigenvalue weighted by molar-refractivity contribution is 5.96. The first-order valence-electron chi connectivity index (χ1n) is 10.4. The Labute approximate surface area is 200 Å². The minimum Gasteiger partial charge on any atom is -0.481 e. The topological polar surface area (TPSA) is 207 Å². The highest BCUT2D eigenvalue weighted by Gasteiger charge is 2.21. The smallest absolute Gasteiger partial charge is 0.326 e. The van der Waals surface area contributed by atoms with Gasteiger partial charge in [0.25, 0.3) is 5.91 Å². The summed E-state index contributed by atoms with van der Waals surface area (Å²) in [5.41, 5.74) is 13.9. The first kappa shape index (κ1) is 26.5. The molecule has 12 heteroatoms.